The lowest BCUT2D eigenvalue weighted by Gasteiger charge is -2.27. The molecule has 7 heteroatoms. The SMILES string of the molecule is CCNC(=O)N1CCc2c(sc3ncnc(N(C)C)c23)C1. The predicted octanol–water partition coefficient (Wildman–Crippen LogP) is 1.84. The summed E-state index contributed by atoms with van der Waals surface area (Å²) in [5.41, 5.74) is 1.31. The molecule has 21 heavy (non-hydrogen) atoms. The summed E-state index contributed by atoms with van der Waals surface area (Å²) in [6, 6.07) is 0.0134. The topological polar surface area (TPSA) is 61.4 Å². The van der Waals surface area contributed by atoms with E-state index in [9.17, 15) is 4.79 Å². The number of nitrogens with zero attached hydrogens (tertiary/aromatic N) is 4. The van der Waals surface area contributed by atoms with Crippen LogP contribution in [0.25, 0.3) is 10.2 Å². The highest BCUT2D eigenvalue weighted by Gasteiger charge is 2.26. The maximum Gasteiger partial charge on any atom is 0.317 e. The molecule has 1 aliphatic heterocycles. The minimum absolute atomic E-state index is 0.0134. The highest BCUT2D eigenvalue weighted by Crippen LogP contribution is 2.37. The quantitative estimate of drug-likeness (QED) is 0.920. The van der Waals surface area contributed by atoms with Crippen LogP contribution < -0.4 is 10.2 Å². The molecule has 2 aromatic rings. The van der Waals surface area contributed by atoms with Gasteiger partial charge in [0.1, 0.15) is 17.0 Å². The molecule has 112 valence electrons. The Labute approximate surface area is 127 Å². The molecule has 1 N–H and O–H groups in total. The average Bonchev–Trinajstić information content (AvgIpc) is 2.84. The lowest BCUT2D eigenvalue weighted by Crippen LogP contribution is -2.42. The molecule has 3 heterocycles. The minimum atomic E-state index is 0.0134. The molecular formula is C14H19N5OS. The van der Waals surface area contributed by atoms with Crippen LogP contribution in [-0.2, 0) is 13.0 Å². The zero-order valence-corrected chi connectivity index (χ0v) is 13.3. The fourth-order valence-electron chi connectivity index (χ4n) is 2.69. The van der Waals surface area contributed by atoms with Crippen LogP contribution in [0.15, 0.2) is 6.33 Å². The van der Waals surface area contributed by atoms with Crippen molar-refractivity contribution in [2.75, 3.05) is 32.1 Å². The van der Waals surface area contributed by atoms with E-state index in [0.717, 1.165) is 29.0 Å². The summed E-state index contributed by atoms with van der Waals surface area (Å²) in [5, 5.41) is 4.02. The van der Waals surface area contributed by atoms with Gasteiger partial charge in [-0.05, 0) is 18.9 Å². The van der Waals surface area contributed by atoms with Gasteiger partial charge in [-0.25, -0.2) is 14.8 Å². The Hall–Kier alpha value is -1.89. The van der Waals surface area contributed by atoms with Crippen LogP contribution in [0.5, 0.6) is 0 Å². The highest BCUT2D eigenvalue weighted by molar-refractivity contribution is 7.19. The molecule has 0 radical (unpaired) electrons. The first kappa shape index (κ1) is 14.1. The third kappa shape index (κ3) is 2.42. The molecule has 2 amide bonds. The number of thiophene rings is 1. The predicted molar refractivity (Wildman–Crippen MR) is 84.9 cm³/mol. The van der Waals surface area contributed by atoms with Gasteiger partial charge in [-0.1, -0.05) is 0 Å². The van der Waals surface area contributed by atoms with E-state index in [0.29, 0.717) is 13.1 Å². The zero-order chi connectivity index (χ0) is 15.0. The fraction of sp³-hybridized carbons (Fsp3) is 0.500. The van der Waals surface area contributed by atoms with Gasteiger partial charge < -0.3 is 15.1 Å². The van der Waals surface area contributed by atoms with Crippen molar-refractivity contribution in [1.82, 2.24) is 20.2 Å². The molecule has 1 aliphatic rings. The largest absolute Gasteiger partial charge is 0.362 e. The summed E-state index contributed by atoms with van der Waals surface area (Å²) in [5.74, 6) is 0.962. The van der Waals surface area contributed by atoms with Gasteiger partial charge in [-0.15, -0.1) is 11.3 Å². The van der Waals surface area contributed by atoms with Crippen molar-refractivity contribution in [3.63, 3.8) is 0 Å². The summed E-state index contributed by atoms with van der Waals surface area (Å²) < 4.78 is 0. The number of anilines is 1. The molecule has 0 fully saturated rings. The van der Waals surface area contributed by atoms with Crippen molar-refractivity contribution < 1.29 is 4.79 Å². The molecule has 0 bridgehead atoms. The van der Waals surface area contributed by atoms with Crippen LogP contribution in [0.1, 0.15) is 17.4 Å². The monoisotopic (exact) mass is 305 g/mol. The van der Waals surface area contributed by atoms with Crippen molar-refractivity contribution in [2.24, 2.45) is 0 Å². The van der Waals surface area contributed by atoms with Crippen molar-refractivity contribution in [1.29, 1.82) is 0 Å². The number of rotatable bonds is 2. The number of fused-ring (bicyclic) bond motifs is 3. The molecule has 0 aromatic carbocycles. The number of nitrogens with one attached hydrogen (secondary N) is 1. The zero-order valence-electron chi connectivity index (χ0n) is 12.5. The Kier molecular flexibility index (Phi) is 3.67. The molecule has 0 unspecified atom stereocenters. The van der Waals surface area contributed by atoms with Crippen molar-refractivity contribution in [2.45, 2.75) is 19.9 Å². The molecule has 0 spiro atoms. The summed E-state index contributed by atoms with van der Waals surface area (Å²) in [4.78, 5) is 26.9. The molecule has 6 nitrogen and oxygen atoms in total. The Morgan fingerprint density at radius 2 is 2.29 bits per heavy atom. The van der Waals surface area contributed by atoms with Gasteiger partial charge in [0.2, 0.25) is 0 Å². The number of amides is 2. The van der Waals surface area contributed by atoms with E-state index in [1.807, 2.05) is 30.8 Å². The number of urea groups is 1. The first-order valence-electron chi connectivity index (χ1n) is 7.07. The van der Waals surface area contributed by atoms with Crippen LogP contribution >= 0.6 is 11.3 Å². The van der Waals surface area contributed by atoms with Crippen LogP contribution in [-0.4, -0.2) is 48.1 Å². The molecule has 0 saturated carbocycles. The summed E-state index contributed by atoms with van der Waals surface area (Å²) in [6.45, 7) is 4.00. The molecule has 0 atom stereocenters. The van der Waals surface area contributed by atoms with E-state index in [-0.39, 0.29) is 6.03 Å². The van der Waals surface area contributed by atoms with Gasteiger partial charge in [-0.2, -0.15) is 0 Å². The maximum atomic E-state index is 12.0. The standard InChI is InChI=1S/C14H19N5OS/c1-4-15-14(20)19-6-5-9-10(7-19)21-13-11(9)12(18(2)3)16-8-17-13/h8H,4-7H2,1-3H3,(H,15,20). The lowest BCUT2D eigenvalue weighted by molar-refractivity contribution is 0.194. The van der Waals surface area contributed by atoms with E-state index in [1.165, 1.54) is 10.4 Å². The van der Waals surface area contributed by atoms with Crippen LogP contribution in [0, 0.1) is 0 Å². The Balaban J connectivity index is 2.00. The Bertz CT molecular complexity index is 681. The van der Waals surface area contributed by atoms with Gasteiger partial charge in [0.15, 0.2) is 0 Å². The smallest absolute Gasteiger partial charge is 0.317 e. The third-order valence-corrected chi connectivity index (χ3v) is 4.78. The summed E-state index contributed by atoms with van der Waals surface area (Å²) in [7, 11) is 3.99. The highest BCUT2D eigenvalue weighted by atomic mass is 32.1. The van der Waals surface area contributed by atoms with Gasteiger partial charge in [0.05, 0.1) is 11.9 Å². The van der Waals surface area contributed by atoms with Gasteiger partial charge in [-0.3, -0.25) is 0 Å². The normalized spacial score (nSPS) is 14.1. The number of aromatic nitrogens is 2. The molecule has 2 aromatic heterocycles. The van der Waals surface area contributed by atoms with Gasteiger partial charge in [0, 0.05) is 32.1 Å². The Morgan fingerprint density at radius 3 is 3.00 bits per heavy atom. The first-order chi connectivity index (χ1) is 10.1. The number of carbonyl (C=O) groups is 1. The van der Waals surface area contributed by atoms with Crippen LogP contribution in [0.4, 0.5) is 10.6 Å². The van der Waals surface area contributed by atoms with Gasteiger partial charge >= 0.3 is 6.03 Å². The number of hydrogen-bond acceptors (Lipinski definition) is 5. The summed E-state index contributed by atoms with van der Waals surface area (Å²) in [6.07, 6.45) is 2.47. The number of hydrogen-bond donors (Lipinski definition) is 1. The second kappa shape index (κ2) is 5.48. The van der Waals surface area contributed by atoms with E-state index < -0.39 is 0 Å². The summed E-state index contributed by atoms with van der Waals surface area (Å²) >= 11 is 1.67. The maximum absolute atomic E-state index is 12.0. The average molecular weight is 305 g/mol. The number of carbonyl (C=O) groups excluding carboxylic acids is 1. The molecule has 0 aliphatic carbocycles. The minimum Gasteiger partial charge on any atom is -0.362 e. The third-order valence-electron chi connectivity index (χ3n) is 3.66. The second-order valence-electron chi connectivity index (χ2n) is 5.28. The lowest BCUT2D eigenvalue weighted by atomic mass is 10.1. The Morgan fingerprint density at radius 1 is 1.48 bits per heavy atom. The molecule has 3 rings (SSSR count). The van der Waals surface area contributed by atoms with E-state index in [2.05, 4.69) is 15.3 Å². The molecule has 0 saturated heterocycles. The van der Waals surface area contributed by atoms with Crippen molar-refractivity contribution in [3.05, 3.63) is 16.8 Å². The second-order valence-corrected chi connectivity index (χ2v) is 6.37. The molecular weight excluding hydrogens is 286 g/mol. The van der Waals surface area contributed by atoms with E-state index in [4.69, 9.17) is 0 Å². The van der Waals surface area contributed by atoms with E-state index >= 15 is 0 Å². The fourth-order valence-corrected chi connectivity index (χ4v) is 3.88. The van der Waals surface area contributed by atoms with E-state index in [1.54, 1.807) is 17.7 Å². The van der Waals surface area contributed by atoms with Crippen molar-refractivity contribution >= 4 is 33.4 Å². The van der Waals surface area contributed by atoms with Crippen molar-refractivity contribution in [3.8, 4) is 0 Å². The first-order valence-corrected chi connectivity index (χ1v) is 7.88. The van der Waals surface area contributed by atoms with Gasteiger partial charge in [0.25, 0.3) is 0 Å². The van der Waals surface area contributed by atoms with Crippen LogP contribution in [0.3, 0.4) is 0 Å². The van der Waals surface area contributed by atoms with Crippen LogP contribution in [0.2, 0.25) is 0 Å².